The molecule has 1 aromatic carbocycles. The van der Waals surface area contributed by atoms with Crippen LogP contribution in [0.1, 0.15) is 17.5 Å². The Morgan fingerprint density at radius 3 is 2.80 bits per heavy atom. The van der Waals surface area contributed by atoms with E-state index in [0.29, 0.717) is 30.6 Å². The van der Waals surface area contributed by atoms with Gasteiger partial charge in [-0.05, 0) is 37.1 Å². The number of aryl methyl sites for hydroxylation is 1. The molecule has 0 atom stereocenters. The number of rotatable bonds is 2. The van der Waals surface area contributed by atoms with Crippen molar-refractivity contribution in [3.05, 3.63) is 29.3 Å². The highest BCUT2D eigenvalue weighted by molar-refractivity contribution is 7.89. The zero-order valence-corrected chi connectivity index (χ0v) is 11.9. The van der Waals surface area contributed by atoms with E-state index in [1.54, 1.807) is 6.92 Å². The van der Waals surface area contributed by atoms with Crippen LogP contribution in [0.15, 0.2) is 23.1 Å². The summed E-state index contributed by atoms with van der Waals surface area (Å²) in [5, 5.41) is 11.5. The van der Waals surface area contributed by atoms with E-state index in [2.05, 4.69) is 5.32 Å². The molecule has 1 heterocycles. The molecule has 1 aromatic rings. The first kappa shape index (κ1) is 14.5. The summed E-state index contributed by atoms with van der Waals surface area (Å²) in [6.45, 7) is 2.31. The Morgan fingerprint density at radius 2 is 2.15 bits per heavy atom. The lowest BCUT2D eigenvalue weighted by molar-refractivity contribution is -0.120. The highest BCUT2D eigenvalue weighted by Gasteiger charge is 2.28. The number of benzene rings is 1. The lowest BCUT2D eigenvalue weighted by Crippen LogP contribution is -2.37. The molecule has 106 valence electrons. The Kier molecular flexibility index (Phi) is 4.06. The van der Waals surface area contributed by atoms with Gasteiger partial charge < -0.3 is 5.32 Å². The van der Waals surface area contributed by atoms with Gasteiger partial charge >= 0.3 is 0 Å². The van der Waals surface area contributed by atoms with Crippen molar-refractivity contribution in [2.75, 3.05) is 19.6 Å². The maximum Gasteiger partial charge on any atom is 0.243 e. The van der Waals surface area contributed by atoms with E-state index in [1.807, 2.05) is 6.07 Å². The minimum absolute atomic E-state index is 0.115. The monoisotopic (exact) mass is 293 g/mol. The van der Waals surface area contributed by atoms with Crippen LogP contribution in [-0.4, -0.2) is 38.3 Å². The summed E-state index contributed by atoms with van der Waals surface area (Å²) in [6.07, 6.45) is 0.584. The average molecular weight is 293 g/mol. The summed E-state index contributed by atoms with van der Waals surface area (Å²) in [4.78, 5) is 11.6. The van der Waals surface area contributed by atoms with Crippen molar-refractivity contribution in [3.63, 3.8) is 0 Å². The number of hydrogen-bond donors (Lipinski definition) is 1. The Bertz CT molecular complexity index is 677. The van der Waals surface area contributed by atoms with Gasteiger partial charge in [0.1, 0.15) is 0 Å². The molecule has 7 heteroatoms. The molecule has 1 fully saturated rings. The molecule has 0 radical (unpaired) electrons. The molecule has 0 spiro atoms. The number of carbonyl (C=O) groups excluding carboxylic acids is 1. The second-order valence-electron chi connectivity index (χ2n) is 4.63. The fraction of sp³-hybridized carbons (Fsp3) is 0.385. The maximum absolute atomic E-state index is 12.5. The van der Waals surface area contributed by atoms with Gasteiger partial charge in [0.15, 0.2) is 0 Å². The number of nitrogens with one attached hydrogen (secondary N) is 1. The Morgan fingerprint density at radius 1 is 1.40 bits per heavy atom. The highest BCUT2D eigenvalue weighted by Crippen LogP contribution is 2.19. The van der Waals surface area contributed by atoms with E-state index < -0.39 is 10.0 Å². The molecule has 0 saturated carbocycles. The molecule has 2 rings (SSSR count). The van der Waals surface area contributed by atoms with Crippen molar-refractivity contribution < 1.29 is 13.2 Å². The van der Waals surface area contributed by atoms with Gasteiger partial charge in [-0.25, -0.2) is 8.42 Å². The van der Waals surface area contributed by atoms with Crippen LogP contribution >= 0.6 is 0 Å². The van der Waals surface area contributed by atoms with Crippen LogP contribution < -0.4 is 5.32 Å². The molecule has 1 N–H and O–H groups in total. The van der Waals surface area contributed by atoms with Crippen molar-refractivity contribution >= 4 is 15.9 Å². The summed E-state index contributed by atoms with van der Waals surface area (Å²) in [7, 11) is -3.70. The van der Waals surface area contributed by atoms with Crippen LogP contribution in [0, 0.1) is 18.3 Å². The maximum atomic E-state index is 12.5. The van der Waals surface area contributed by atoms with Gasteiger partial charge in [-0.3, -0.25) is 4.79 Å². The van der Waals surface area contributed by atoms with E-state index in [9.17, 15) is 13.2 Å². The lowest BCUT2D eigenvalue weighted by atomic mass is 10.1. The van der Waals surface area contributed by atoms with Crippen molar-refractivity contribution in [1.82, 2.24) is 9.62 Å². The van der Waals surface area contributed by atoms with Crippen molar-refractivity contribution in [2.45, 2.75) is 18.2 Å². The largest absolute Gasteiger partial charge is 0.355 e. The van der Waals surface area contributed by atoms with Crippen LogP contribution in [0.3, 0.4) is 0 Å². The SMILES string of the molecule is Cc1cc(S(=O)(=O)N2CCCNC(=O)C2)ccc1C#N. The summed E-state index contributed by atoms with van der Waals surface area (Å²) >= 11 is 0. The Hall–Kier alpha value is -1.91. The van der Waals surface area contributed by atoms with Gasteiger partial charge in [0.2, 0.25) is 15.9 Å². The van der Waals surface area contributed by atoms with Gasteiger partial charge in [0, 0.05) is 13.1 Å². The van der Waals surface area contributed by atoms with Gasteiger partial charge in [-0.2, -0.15) is 9.57 Å². The second-order valence-corrected chi connectivity index (χ2v) is 6.57. The molecule has 1 amide bonds. The van der Waals surface area contributed by atoms with Crippen molar-refractivity contribution in [1.29, 1.82) is 5.26 Å². The standard InChI is InChI=1S/C13H15N3O3S/c1-10-7-12(4-3-11(10)8-14)20(18,19)16-6-2-5-15-13(17)9-16/h3-4,7H,2,5-6,9H2,1H3,(H,15,17). The fourth-order valence-corrected chi connectivity index (χ4v) is 3.58. The fourth-order valence-electron chi connectivity index (χ4n) is 2.05. The first-order valence-electron chi connectivity index (χ1n) is 6.23. The smallest absolute Gasteiger partial charge is 0.243 e. The summed E-state index contributed by atoms with van der Waals surface area (Å²) < 4.78 is 26.2. The zero-order chi connectivity index (χ0) is 14.8. The van der Waals surface area contributed by atoms with E-state index in [0.717, 1.165) is 0 Å². The van der Waals surface area contributed by atoms with Gasteiger partial charge in [0.05, 0.1) is 23.1 Å². The van der Waals surface area contributed by atoms with E-state index in [-0.39, 0.29) is 17.3 Å². The molecular formula is C13H15N3O3S. The third kappa shape index (κ3) is 2.81. The van der Waals surface area contributed by atoms with Gasteiger partial charge in [-0.15, -0.1) is 0 Å². The van der Waals surface area contributed by atoms with Crippen LogP contribution in [0.25, 0.3) is 0 Å². The second kappa shape index (κ2) is 5.61. The lowest BCUT2D eigenvalue weighted by Gasteiger charge is -2.19. The average Bonchev–Trinajstić information content (AvgIpc) is 2.63. The minimum atomic E-state index is -3.70. The molecule has 20 heavy (non-hydrogen) atoms. The normalized spacial score (nSPS) is 17.1. The van der Waals surface area contributed by atoms with Crippen LogP contribution in [0.4, 0.5) is 0 Å². The molecule has 1 aliphatic heterocycles. The molecule has 0 aromatic heterocycles. The quantitative estimate of drug-likeness (QED) is 0.853. The summed E-state index contributed by atoms with van der Waals surface area (Å²) in [6, 6.07) is 6.36. The number of nitrogens with zero attached hydrogens (tertiary/aromatic N) is 2. The van der Waals surface area contributed by atoms with E-state index in [1.165, 1.54) is 22.5 Å². The van der Waals surface area contributed by atoms with Gasteiger partial charge in [0.25, 0.3) is 0 Å². The number of amides is 1. The number of nitriles is 1. The van der Waals surface area contributed by atoms with Crippen molar-refractivity contribution in [2.24, 2.45) is 0 Å². The topological polar surface area (TPSA) is 90.3 Å². The minimum Gasteiger partial charge on any atom is -0.355 e. The molecule has 1 aliphatic rings. The van der Waals surface area contributed by atoms with Crippen molar-refractivity contribution in [3.8, 4) is 6.07 Å². The molecule has 6 nitrogen and oxygen atoms in total. The highest BCUT2D eigenvalue weighted by atomic mass is 32.2. The van der Waals surface area contributed by atoms with E-state index in [4.69, 9.17) is 5.26 Å². The molecule has 0 bridgehead atoms. The Labute approximate surface area is 118 Å². The summed E-state index contributed by atoms with van der Waals surface area (Å²) in [5.74, 6) is -0.295. The third-order valence-corrected chi connectivity index (χ3v) is 5.02. The zero-order valence-electron chi connectivity index (χ0n) is 11.1. The van der Waals surface area contributed by atoms with Crippen LogP contribution in [0.2, 0.25) is 0 Å². The first-order chi connectivity index (χ1) is 9.45. The molecule has 1 saturated heterocycles. The number of hydrogen-bond acceptors (Lipinski definition) is 4. The molecule has 0 aliphatic carbocycles. The van der Waals surface area contributed by atoms with Gasteiger partial charge in [-0.1, -0.05) is 0 Å². The van der Waals surface area contributed by atoms with Crippen LogP contribution in [0.5, 0.6) is 0 Å². The number of sulfonamides is 1. The van der Waals surface area contributed by atoms with Crippen LogP contribution in [-0.2, 0) is 14.8 Å². The predicted molar refractivity (Wildman–Crippen MR) is 72.3 cm³/mol. The third-order valence-electron chi connectivity index (χ3n) is 3.18. The summed E-state index contributed by atoms with van der Waals surface area (Å²) in [5.41, 5.74) is 1.05. The van der Waals surface area contributed by atoms with E-state index >= 15 is 0 Å². The number of carbonyl (C=O) groups is 1. The molecule has 0 unspecified atom stereocenters. The first-order valence-corrected chi connectivity index (χ1v) is 7.67. The Balaban J connectivity index is 2.37. The molecular weight excluding hydrogens is 278 g/mol. The predicted octanol–water partition coefficient (Wildman–Crippen LogP) is 0.377.